The van der Waals surface area contributed by atoms with Crippen LogP contribution in [0.15, 0.2) is 0 Å². The summed E-state index contributed by atoms with van der Waals surface area (Å²) in [5, 5.41) is 0. The number of likely N-dealkylation sites (tertiary alicyclic amines) is 1. The molecule has 2 atom stereocenters. The van der Waals surface area contributed by atoms with Crippen molar-refractivity contribution in [1.82, 2.24) is 4.90 Å². The number of nitrogens with two attached hydrogens (primary N) is 1. The quantitative estimate of drug-likeness (QED) is 0.782. The van der Waals surface area contributed by atoms with Crippen molar-refractivity contribution in [2.75, 3.05) is 26.2 Å². The van der Waals surface area contributed by atoms with Crippen molar-refractivity contribution in [3.8, 4) is 0 Å². The van der Waals surface area contributed by atoms with Crippen LogP contribution in [0, 0.1) is 5.41 Å². The molecule has 2 aliphatic heterocycles. The normalized spacial score (nSPS) is 36.5. The first-order chi connectivity index (χ1) is 8.80. The molecule has 0 aromatic rings. The second kappa shape index (κ2) is 5.48. The van der Waals surface area contributed by atoms with Crippen LogP contribution >= 0.6 is 0 Å². The lowest BCUT2D eigenvalue weighted by molar-refractivity contribution is -0.0513. The average molecular weight is 252 g/mol. The van der Waals surface area contributed by atoms with Gasteiger partial charge in [-0.15, -0.1) is 0 Å². The van der Waals surface area contributed by atoms with E-state index in [1.807, 2.05) is 0 Å². The zero-order chi connectivity index (χ0) is 12.4. The maximum Gasteiger partial charge on any atom is 0.0707 e. The number of morpholine rings is 1. The van der Waals surface area contributed by atoms with Crippen LogP contribution < -0.4 is 5.73 Å². The van der Waals surface area contributed by atoms with Gasteiger partial charge in [-0.1, -0.05) is 25.7 Å². The van der Waals surface area contributed by atoms with Gasteiger partial charge >= 0.3 is 0 Å². The highest BCUT2D eigenvalue weighted by Gasteiger charge is 2.38. The smallest absolute Gasteiger partial charge is 0.0707 e. The lowest BCUT2D eigenvalue weighted by atomic mass is 9.79. The van der Waals surface area contributed by atoms with E-state index in [0.717, 1.165) is 19.6 Å². The van der Waals surface area contributed by atoms with E-state index in [9.17, 15) is 0 Å². The van der Waals surface area contributed by atoms with Crippen LogP contribution in [0.2, 0.25) is 0 Å². The zero-order valence-electron chi connectivity index (χ0n) is 11.6. The molecule has 0 aromatic carbocycles. The molecular weight excluding hydrogens is 224 g/mol. The molecular formula is C15H28N2O. The Hall–Kier alpha value is -0.120. The van der Waals surface area contributed by atoms with Crippen molar-refractivity contribution in [1.29, 1.82) is 0 Å². The Morgan fingerprint density at radius 1 is 1.00 bits per heavy atom. The van der Waals surface area contributed by atoms with Crippen molar-refractivity contribution in [2.45, 2.75) is 63.6 Å². The maximum atomic E-state index is 6.15. The van der Waals surface area contributed by atoms with Crippen LogP contribution in [0.25, 0.3) is 0 Å². The van der Waals surface area contributed by atoms with Gasteiger partial charge in [0.2, 0.25) is 0 Å². The van der Waals surface area contributed by atoms with Crippen molar-refractivity contribution in [2.24, 2.45) is 11.1 Å². The van der Waals surface area contributed by atoms with Crippen LogP contribution in [0.4, 0.5) is 0 Å². The molecule has 3 nitrogen and oxygen atoms in total. The number of hydrogen-bond donors (Lipinski definition) is 1. The predicted octanol–water partition coefficient (Wildman–Crippen LogP) is 2.15. The van der Waals surface area contributed by atoms with Crippen LogP contribution in [-0.2, 0) is 4.74 Å². The maximum absolute atomic E-state index is 6.15. The van der Waals surface area contributed by atoms with Gasteiger partial charge in [-0.2, -0.15) is 0 Å². The number of nitrogens with zero attached hydrogens (tertiary/aromatic N) is 1. The molecule has 1 aliphatic carbocycles. The highest BCUT2D eigenvalue weighted by atomic mass is 16.5. The second-order valence-corrected chi connectivity index (χ2v) is 6.77. The zero-order valence-corrected chi connectivity index (χ0v) is 11.6. The number of ether oxygens (including phenoxy) is 1. The molecule has 0 radical (unpaired) electrons. The van der Waals surface area contributed by atoms with Gasteiger partial charge in [-0.25, -0.2) is 0 Å². The van der Waals surface area contributed by atoms with Gasteiger partial charge in [0.05, 0.1) is 12.2 Å². The molecule has 3 rings (SSSR count). The Balaban J connectivity index is 1.62. The van der Waals surface area contributed by atoms with Crippen LogP contribution in [0.1, 0.15) is 51.4 Å². The predicted molar refractivity (Wildman–Crippen MR) is 73.5 cm³/mol. The molecule has 0 amide bonds. The summed E-state index contributed by atoms with van der Waals surface area (Å²) in [5.74, 6) is 0. The standard InChI is InChI=1S/C15H28N2O/c16-11-15(7-3-1-2-4-8-15)12-17-9-13-5-6-14(10-17)18-13/h13-14H,1-12,16H2. The van der Waals surface area contributed by atoms with Crippen LogP contribution in [0.3, 0.4) is 0 Å². The average Bonchev–Trinajstić information content (AvgIpc) is 2.61. The van der Waals surface area contributed by atoms with Gasteiger partial charge in [0, 0.05) is 19.6 Å². The summed E-state index contributed by atoms with van der Waals surface area (Å²) in [4.78, 5) is 2.66. The van der Waals surface area contributed by atoms with Crippen molar-refractivity contribution < 1.29 is 4.74 Å². The summed E-state index contributed by atoms with van der Waals surface area (Å²) in [6.07, 6.45) is 11.9. The molecule has 2 N–H and O–H groups in total. The van der Waals surface area contributed by atoms with Gasteiger partial charge in [0.1, 0.15) is 0 Å². The summed E-state index contributed by atoms with van der Waals surface area (Å²) < 4.78 is 5.93. The fraction of sp³-hybridized carbons (Fsp3) is 1.00. The number of hydrogen-bond acceptors (Lipinski definition) is 3. The lowest BCUT2D eigenvalue weighted by Crippen LogP contribution is -2.49. The van der Waals surface area contributed by atoms with Crippen LogP contribution in [-0.4, -0.2) is 43.3 Å². The number of rotatable bonds is 3. The summed E-state index contributed by atoms with van der Waals surface area (Å²) in [6, 6.07) is 0. The molecule has 2 heterocycles. The van der Waals surface area contributed by atoms with Gasteiger partial charge in [0.15, 0.2) is 0 Å². The first-order valence-corrected chi connectivity index (χ1v) is 7.88. The first kappa shape index (κ1) is 12.9. The Morgan fingerprint density at radius 2 is 1.61 bits per heavy atom. The fourth-order valence-corrected chi connectivity index (χ4v) is 4.21. The van der Waals surface area contributed by atoms with Crippen molar-refractivity contribution >= 4 is 0 Å². The summed E-state index contributed by atoms with van der Waals surface area (Å²) in [6.45, 7) is 4.40. The third-order valence-corrected chi connectivity index (χ3v) is 5.28. The third-order valence-electron chi connectivity index (χ3n) is 5.28. The summed E-state index contributed by atoms with van der Waals surface area (Å²) >= 11 is 0. The molecule has 0 aromatic heterocycles. The van der Waals surface area contributed by atoms with Crippen molar-refractivity contribution in [3.05, 3.63) is 0 Å². The van der Waals surface area contributed by atoms with E-state index < -0.39 is 0 Å². The van der Waals surface area contributed by atoms with E-state index >= 15 is 0 Å². The monoisotopic (exact) mass is 252 g/mol. The van der Waals surface area contributed by atoms with Gasteiger partial charge in [-0.3, -0.25) is 4.90 Å². The molecule has 3 fully saturated rings. The molecule has 104 valence electrons. The molecule has 2 unspecified atom stereocenters. The van der Waals surface area contributed by atoms with E-state index in [1.165, 1.54) is 57.9 Å². The van der Waals surface area contributed by atoms with E-state index in [2.05, 4.69) is 4.90 Å². The molecule has 3 heteroatoms. The minimum atomic E-state index is 0.410. The fourth-order valence-electron chi connectivity index (χ4n) is 4.21. The second-order valence-electron chi connectivity index (χ2n) is 6.77. The van der Waals surface area contributed by atoms with Crippen LogP contribution in [0.5, 0.6) is 0 Å². The SMILES string of the molecule is NCC1(CN2CC3CCC(C2)O3)CCCCCC1. The molecule has 0 spiro atoms. The van der Waals surface area contributed by atoms with Crippen molar-refractivity contribution in [3.63, 3.8) is 0 Å². The topological polar surface area (TPSA) is 38.5 Å². The highest BCUT2D eigenvalue weighted by Crippen LogP contribution is 2.36. The molecule has 2 saturated heterocycles. The Bertz CT molecular complexity index is 262. The van der Waals surface area contributed by atoms with E-state index in [1.54, 1.807) is 0 Å². The molecule has 3 aliphatic rings. The van der Waals surface area contributed by atoms with Gasteiger partial charge < -0.3 is 10.5 Å². The van der Waals surface area contributed by atoms with E-state index in [4.69, 9.17) is 10.5 Å². The summed E-state index contributed by atoms with van der Waals surface area (Å²) in [7, 11) is 0. The Kier molecular flexibility index (Phi) is 3.92. The summed E-state index contributed by atoms with van der Waals surface area (Å²) in [5.41, 5.74) is 6.56. The molecule has 18 heavy (non-hydrogen) atoms. The minimum Gasteiger partial charge on any atom is -0.372 e. The van der Waals surface area contributed by atoms with Gasteiger partial charge in [-0.05, 0) is 37.6 Å². The van der Waals surface area contributed by atoms with Gasteiger partial charge in [0.25, 0.3) is 0 Å². The number of fused-ring (bicyclic) bond motifs is 2. The van der Waals surface area contributed by atoms with E-state index in [-0.39, 0.29) is 0 Å². The Labute approximate surface area is 111 Å². The molecule has 2 bridgehead atoms. The lowest BCUT2D eigenvalue weighted by Gasteiger charge is -2.40. The highest BCUT2D eigenvalue weighted by molar-refractivity contribution is 4.91. The third kappa shape index (κ3) is 2.73. The largest absolute Gasteiger partial charge is 0.372 e. The minimum absolute atomic E-state index is 0.410. The Morgan fingerprint density at radius 3 is 2.17 bits per heavy atom. The molecule has 1 saturated carbocycles. The first-order valence-electron chi connectivity index (χ1n) is 7.88. The van der Waals surface area contributed by atoms with E-state index in [0.29, 0.717) is 17.6 Å².